The average Bonchev–Trinajstić information content (AvgIpc) is 3.09. The van der Waals surface area contributed by atoms with E-state index in [9.17, 15) is 0 Å². The number of pyridine rings is 1. The summed E-state index contributed by atoms with van der Waals surface area (Å²) in [6, 6.07) is 3.95. The molecule has 1 aliphatic rings. The van der Waals surface area contributed by atoms with Gasteiger partial charge in [0.25, 0.3) is 0 Å². The van der Waals surface area contributed by atoms with Crippen LogP contribution < -0.4 is 5.32 Å². The molecule has 5 heteroatoms. The second-order valence-electron chi connectivity index (χ2n) is 5.11. The van der Waals surface area contributed by atoms with Crippen molar-refractivity contribution in [2.24, 2.45) is 0 Å². The van der Waals surface area contributed by atoms with Crippen molar-refractivity contribution in [2.75, 3.05) is 13.1 Å². The van der Waals surface area contributed by atoms with Gasteiger partial charge in [0.05, 0.1) is 5.41 Å². The number of rotatable bonds is 4. The van der Waals surface area contributed by atoms with Crippen LogP contribution in [0, 0.1) is 0 Å². The van der Waals surface area contributed by atoms with Gasteiger partial charge in [0.15, 0.2) is 5.82 Å². The molecule has 3 heterocycles. The molecule has 0 aliphatic carbocycles. The smallest absolute Gasteiger partial charge is 0.234 e. The second-order valence-corrected chi connectivity index (χ2v) is 5.11. The third kappa shape index (κ3) is 2.38. The first kappa shape index (κ1) is 12.3. The van der Waals surface area contributed by atoms with Gasteiger partial charge >= 0.3 is 0 Å². The Morgan fingerprint density at radius 2 is 2.21 bits per heavy atom. The maximum Gasteiger partial charge on any atom is 0.234 e. The van der Waals surface area contributed by atoms with Crippen molar-refractivity contribution in [1.82, 2.24) is 20.4 Å². The van der Waals surface area contributed by atoms with Crippen LogP contribution in [0.25, 0.3) is 0 Å². The Balaban J connectivity index is 1.79. The summed E-state index contributed by atoms with van der Waals surface area (Å²) < 4.78 is 5.50. The summed E-state index contributed by atoms with van der Waals surface area (Å²) in [6.45, 7) is 4.13. The largest absolute Gasteiger partial charge is 0.339 e. The van der Waals surface area contributed by atoms with Crippen LogP contribution in [0.2, 0.25) is 0 Å². The minimum absolute atomic E-state index is 0.0312. The van der Waals surface area contributed by atoms with Crippen molar-refractivity contribution in [3.63, 3.8) is 0 Å². The zero-order chi connectivity index (χ0) is 13.1. The van der Waals surface area contributed by atoms with Crippen molar-refractivity contribution >= 4 is 0 Å². The minimum Gasteiger partial charge on any atom is -0.339 e. The zero-order valence-electron chi connectivity index (χ0n) is 11.1. The number of hydrogen-bond donors (Lipinski definition) is 1. The van der Waals surface area contributed by atoms with Crippen molar-refractivity contribution < 1.29 is 4.52 Å². The molecule has 0 bridgehead atoms. The molecule has 1 fully saturated rings. The summed E-state index contributed by atoms with van der Waals surface area (Å²) in [5, 5.41) is 7.50. The van der Waals surface area contributed by atoms with Crippen LogP contribution in [0.1, 0.15) is 37.0 Å². The molecule has 1 atom stereocenters. The average molecular weight is 258 g/mol. The van der Waals surface area contributed by atoms with Gasteiger partial charge in [-0.3, -0.25) is 4.98 Å². The van der Waals surface area contributed by atoms with E-state index in [1.807, 2.05) is 12.1 Å². The van der Waals surface area contributed by atoms with E-state index in [1.165, 1.54) is 0 Å². The summed E-state index contributed by atoms with van der Waals surface area (Å²) in [4.78, 5) is 8.60. The van der Waals surface area contributed by atoms with Gasteiger partial charge in [-0.1, -0.05) is 12.1 Å². The van der Waals surface area contributed by atoms with E-state index in [2.05, 4.69) is 27.4 Å². The molecule has 1 aliphatic heterocycles. The van der Waals surface area contributed by atoms with Gasteiger partial charge in [-0.2, -0.15) is 4.98 Å². The molecule has 1 N–H and O–H groups in total. The van der Waals surface area contributed by atoms with E-state index in [-0.39, 0.29) is 5.41 Å². The van der Waals surface area contributed by atoms with Gasteiger partial charge < -0.3 is 9.84 Å². The number of nitrogens with zero attached hydrogens (tertiary/aromatic N) is 3. The molecule has 0 radical (unpaired) electrons. The van der Waals surface area contributed by atoms with Gasteiger partial charge in [0.2, 0.25) is 5.89 Å². The van der Waals surface area contributed by atoms with Gasteiger partial charge in [0, 0.05) is 25.4 Å². The first-order valence-corrected chi connectivity index (χ1v) is 6.75. The van der Waals surface area contributed by atoms with Crippen LogP contribution in [0.3, 0.4) is 0 Å². The fourth-order valence-corrected chi connectivity index (χ4v) is 2.60. The van der Waals surface area contributed by atoms with Gasteiger partial charge in [-0.25, -0.2) is 0 Å². The monoisotopic (exact) mass is 258 g/mol. The fraction of sp³-hybridized carbons (Fsp3) is 0.500. The van der Waals surface area contributed by atoms with E-state index in [1.54, 1.807) is 12.4 Å². The van der Waals surface area contributed by atoms with Crippen LogP contribution >= 0.6 is 0 Å². The van der Waals surface area contributed by atoms with Crippen LogP contribution in [-0.2, 0) is 11.8 Å². The van der Waals surface area contributed by atoms with E-state index >= 15 is 0 Å². The van der Waals surface area contributed by atoms with Crippen LogP contribution in [0.4, 0.5) is 0 Å². The van der Waals surface area contributed by atoms with E-state index in [0.29, 0.717) is 6.42 Å². The Hall–Kier alpha value is -1.75. The molecular weight excluding hydrogens is 240 g/mol. The Bertz CT molecular complexity index is 531. The topological polar surface area (TPSA) is 63.8 Å². The van der Waals surface area contributed by atoms with E-state index in [0.717, 1.165) is 43.2 Å². The summed E-state index contributed by atoms with van der Waals surface area (Å²) in [5.74, 6) is 1.53. The van der Waals surface area contributed by atoms with Crippen LogP contribution in [0.15, 0.2) is 29.0 Å². The lowest BCUT2D eigenvalue weighted by Crippen LogP contribution is -2.28. The maximum atomic E-state index is 5.50. The third-order valence-electron chi connectivity index (χ3n) is 3.95. The van der Waals surface area contributed by atoms with Crippen molar-refractivity contribution in [3.05, 3.63) is 41.8 Å². The molecule has 2 aromatic rings. The standard InChI is InChI=1S/C14H18N4O/c1-2-14(5-8-16-10-14)13-17-12(18-19-13)9-11-3-6-15-7-4-11/h3-4,6-7,16H,2,5,8-10H2,1H3. The summed E-state index contributed by atoms with van der Waals surface area (Å²) in [6.07, 6.45) is 6.35. The molecule has 19 heavy (non-hydrogen) atoms. The second kappa shape index (κ2) is 5.09. The molecule has 1 unspecified atom stereocenters. The highest BCUT2D eigenvalue weighted by Crippen LogP contribution is 2.32. The highest BCUT2D eigenvalue weighted by atomic mass is 16.5. The zero-order valence-corrected chi connectivity index (χ0v) is 11.1. The lowest BCUT2D eigenvalue weighted by atomic mass is 9.84. The Kier molecular flexibility index (Phi) is 3.29. The summed E-state index contributed by atoms with van der Waals surface area (Å²) >= 11 is 0. The Morgan fingerprint density at radius 1 is 1.37 bits per heavy atom. The van der Waals surface area contributed by atoms with Gasteiger partial charge in [-0.05, 0) is 37.1 Å². The molecule has 0 spiro atoms. The van der Waals surface area contributed by atoms with Gasteiger partial charge in [0.1, 0.15) is 0 Å². The quantitative estimate of drug-likeness (QED) is 0.904. The molecule has 100 valence electrons. The predicted molar refractivity (Wildman–Crippen MR) is 70.8 cm³/mol. The first-order valence-electron chi connectivity index (χ1n) is 6.75. The molecule has 0 saturated carbocycles. The van der Waals surface area contributed by atoms with Crippen molar-refractivity contribution in [3.8, 4) is 0 Å². The molecule has 5 nitrogen and oxygen atoms in total. The lowest BCUT2D eigenvalue weighted by Gasteiger charge is -2.20. The maximum absolute atomic E-state index is 5.50. The van der Waals surface area contributed by atoms with Crippen LogP contribution in [0.5, 0.6) is 0 Å². The normalized spacial score (nSPS) is 22.8. The minimum atomic E-state index is 0.0312. The molecule has 3 rings (SSSR count). The fourth-order valence-electron chi connectivity index (χ4n) is 2.60. The molecular formula is C14H18N4O. The molecule has 1 saturated heterocycles. The lowest BCUT2D eigenvalue weighted by molar-refractivity contribution is 0.283. The number of hydrogen-bond acceptors (Lipinski definition) is 5. The molecule has 0 amide bonds. The Labute approximate surface area is 112 Å². The predicted octanol–water partition coefficient (Wildman–Crippen LogP) is 1.70. The molecule has 2 aromatic heterocycles. The van der Waals surface area contributed by atoms with E-state index in [4.69, 9.17) is 4.52 Å². The van der Waals surface area contributed by atoms with Crippen molar-refractivity contribution in [1.29, 1.82) is 0 Å². The number of nitrogens with one attached hydrogen (secondary N) is 1. The highest BCUT2D eigenvalue weighted by molar-refractivity contribution is 5.16. The Morgan fingerprint density at radius 3 is 2.89 bits per heavy atom. The SMILES string of the molecule is CCC1(c2nc(Cc3ccncc3)no2)CCNC1. The third-order valence-corrected chi connectivity index (χ3v) is 3.95. The first-order chi connectivity index (χ1) is 9.32. The van der Waals surface area contributed by atoms with E-state index < -0.39 is 0 Å². The summed E-state index contributed by atoms with van der Waals surface area (Å²) in [5.41, 5.74) is 1.18. The van der Waals surface area contributed by atoms with Gasteiger partial charge in [-0.15, -0.1) is 0 Å². The van der Waals surface area contributed by atoms with Crippen LogP contribution in [-0.4, -0.2) is 28.2 Å². The summed E-state index contributed by atoms with van der Waals surface area (Å²) in [7, 11) is 0. The highest BCUT2D eigenvalue weighted by Gasteiger charge is 2.39. The molecule has 0 aromatic carbocycles. The van der Waals surface area contributed by atoms with Crippen molar-refractivity contribution in [2.45, 2.75) is 31.6 Å². The number of aromatic nitrogens is 3.